The lowest BCUT2D eigenvalue weighted by Gasteiger charge is -2.20. The molecule has 16 heavy (non-hydrogen) atoms. The summed E-state index contributed by atoms with van der Waals surface area (Å²) < 4.78 is 0. The van der Waals surface area contributed by atoms with E-state index in [9.17, 15) is 10.2 Å². The smallest absolute Gasteiger partial charge is 0.0769 e. The van der Waals surface area contributed by atoms with Gasteiger partial charge in [-0.1, -0.05) is 13.3 Å². The summed E-state index contributed by atoms with van der Waals surface area (Å²) in [6, 6.07) is 0.0162. The van der Waals surface area contributed by atoms with E-state index in [2.05, 4.69) is 6.92 Å². The Morgan fingerprint density at radius 1 is 1.00 bits per heavy atom. The van der Waals surface area contributed by atoms with Crippen LogP contribution in [0.4, 0.5) is 0 Å². The Hall–Kier alpha value is -0.120. The molecule has 3 heteroatoms. The van der Waals surface area contributed by atoms with Gasteiger partial charge in [0.2, 0.25) is 0 Å². The molecule has 2 fully saturated rings. The molecule has 96 valence electrons. The lowest BCUT2D eigenvalue weighted by Crippen LogP contribution is -2.40. The zero-order valence-corrected chi connectivity index (χ0v) is 10.9. The lowest BCUT2D eigenvalue weighted by molar-refractivity contribution is 0.0284. The van der Waals surface area contributed by atoms with E-state index in [0.29, 0.717) is 5.92 Å². The third-order valence-corrected chi connectivity index (χ3v) is 4.38. The van der Waals surface area contributed by atoms with Crippen LogP contribution in [0.1, 0.15) is 59.3 Å². The summed E-state index contributed by atoms with van der Waals surface area (Å²) in [5.74, 6) is 0.516. The van der Waals surface area contributed by atoms with Gasteiger partial charge >= 0.3 is 0 Å². The molecule has 0 spiro atoms. The van der Waals surface area contributed by atoms with Crippen molar-refractivity contribution in [3.8, 4) is 0 Å². The molecule has 0 aromatic rings. The summed E-state index contributed by atoms with van der Waals surface area (Å²) >= 11 is 0. The lowest BCUT2D eigenvalue weighted by atomic mass is 9.95. The second kappa shape index (κ2) is 5.03. The van der Waals surface area contributed by atoms with Gasteiger partial charge in [0.15, 0.2) is 0 Å². The van der Waals surface area contributed by atoms with E-state index in [1.165, 1.54) is 12.8 Å². The highest BCUT2D eigenvalue weighted by Crippen LogP contribution is 2.34. The molecule has 2 rings (SSSR count). The minimum Gasteiger partial charge on any atom is -0.390 e. The summed E-state index contributed by atoms with van der Waals surface area (Å²) in [6.07, 6.45) is 6.32. The Morgan fingerprint density at radius 3 is 1.62 bits per heavy atom. The van der Waals surface area contributed by atoms with E-state index in [1.54, 1.807) is 0 Å². The van der Waals surface area contributed by atoms with Gasteiger partial charge in [-0.3, -0.25) is 0 Å². The molecular weight excluding hydrogens is 202 g/mol. The average molecular weight is 229 g/mol. The molecule has 4 atom stereocenters. The molecule has 0 heterocycles. The van der Waals surface area contributed by atoms with Gasteiger partial charge in [-0.2, -0.15) is 0 Å². The first-order chi connectivity index (χ1) is 7.26. The normalized spacial score (nSPS) is 47.6. The Kier molecular flexibility index (Phi) is 4.38. The van der Waals surface area contributed by atoms with E-state index in [1.807, 2.05) is 13.8 Å². The number of nitrogens with two attached hydrogens (primary N) is 1. The Balaban J connectivity index is 0.000000160. The first-order valence-electron chi connectivity index (χ1n) is 6.46. The number of hydrogen-bond acceptors (Lipinski definition) is 3. The van der Waals surface area contributed by atoms with E-state index in [4.69, 9.17) is 5.73 Å². The summed E-state index contributed by atoms with van der Waals surface area (Å²) in [5, 5.41) is 18.8. The quantitative estimate of drug-likeness (QED) is 0.593. The van der Waals surface area contributed by atoms with Gasteiger partial charge in [-0.05, 0) is 51.9 Å². The van der Waals surface area contributed by atoms with E-state index in [0.717, 1.165) is 25.7 Å². The topological polar surface area (TPSA) is 66.5 Å². The van der Waals surface area contributed by atoms with Gasteiger partial charge in [0.1, 0.15) is 0 Å². The largest absolute Gasteiger partial charge is 0.390 e. The average Bonchev–Trinajstić information content (AvgIpc) is 2.60. The minimum absolute atomic E-state index is 0.0162. The second-order valence-corrected chi connectivity index (χ2v) is 6.01. The van der Waals surface area contributed by atoms with Crippen LogP contribution >= 0.6 is 0 Å². The van der Waals surface area contributed by atoms with Crippen molar-refractivity contribution in [3.63, 3.8) is 0 Å². The van der Waals surface area contributed by atoms with Gasteiger partial charge in [-0.25, -0.2) is 0 Å². The van der Waals surface area contributed by atoms with E-state index >= 15 is 0 Å². The molecule has 0 amide bonds. The summed E-state index contributed by atoms with van der Waals surface area (Å²) in [7, 11) is 0. The SMILES string of the molecule is C[C@@H]1CCC[C@@]1(C)O.C[C@@]1(O)CCC[C@H]1N. The standard InChI is InChI=1S/C7H14O.C6H13NO/c1-6-4-3-5-7(6,2)8;1-6(8)4-2-3-5(6)7/h6,8H,3-5H2,1-2H3;5,8H,2-4,7H2,1H3/t6-,7-;5-,6-/m11/s1. The van der Waals surface area contributed by atoms with Gasteiger partial charge in [-0.15, -0.1) is 0 Å². The van der Waals surface area contributed by atoms with Crippen molar-refractivity contribution in [3.05, 3.63) is 0 Å². The Morgan fingerprint density at radius 2 is 1.50 bits per heavy atom. The van der Waals surface area contributed by atoms with Crippen molar-refractivity contribution in [1.29, 1.82) is 0 Å². The zero-order chi connectivity index (χ0) is 12.4. The Bertz CT molecular complexity index is 202. The predicted molar refractivity (Wildman–Crippen MR) is 66.1 cm³/mol. The highest BCUT2D eigenvalue weighted by molar-refractivity contribution is 4.90. The van der Waals surface area contributed by atoms with Crippen molar-refractivity contribution < 1.29 is 10.2 Å². The number of hydrogen-bond donors (Lipinski definition) is 3. The highest BCUT2D eigenvalue weighted by atomic mass is 16.3. The molecule has 0 saturated heterocycles. The van der Waals surface area contributed by atoms with Gasteiger partial charge < -0.3 is 15.9 Å². The van der Waals surface area contributed by atoms with Gasteiger partial charge in [0, 0.05) is 6.04 Å². The predicted octanol–water partition coefficient (Wildman–Crippen LogP) is 1.81. The molecular formula is C13H27NO2. The van der Waals surface area contributed by atoms with E-state index < -0.39 is 5.60 Å². The van der Waals surface area contributed by atoms with Crippen LogP contribution in [0, 0.1) is 5.92 Å². The second-order valence-electron chi connectivity index (χ2n) is 6.01. The monoisotopic (exact) mass is 229 g/mol. The molecule has 0 radical (unpaired) electrons. The fourth-order valence-corrected chi connectivity index (χ4v) is 2.50. The van der Waals surface area contributed by atoms with E-state index in [-0.39, 0.29) is 11.6 Å². The molecule has 0 aromatic heterocycles. The first-order valence-corrected chi connectivity index (χ1v) is 6.46. The van der Waals surface area contributed by atoms with Crippen molar-refractivity contribution in [2.45, 2.75) is 76.5 Å². The molecule has 4 N–H and O–H groups in total. The maximum Gasteiger partial charge on any atom is 0.0769 e. The molecule has 3 nitrogen and oxygen atoms in total. The van der Waals surface area contributed by atoms with Crippen LogP contribution in [0.15, 0.2) is 0 Å². The summed E-state index contributed by atoms with van der Waals surface area (Å²) in [6.45, 7) is 5.86. The number of aliphatic hydroxyl groups is 2. The summed E-state index contributed by atoms with van der Waals surface area (Å²) in [4.78, 5) is 0. The van der Waals surface area contributed by atoms with Crippen molar-refractivity contribution >= 4 is 0 Å². The fourth-order valence-electron chi connectivity index (χ4n) is 2.50. The molecule has 2 aliphatic carbocycles. The van der Waals surface area contributed by atoms with Crippen LogP contribution in [0.25, 0.3) is 0 Å². The van der Waals surface area contributed by atoms with Crippen molar-refractivity contribution in [2.24, 2.45) is 11.7 Å². The van der Waals surface area contributed by atoms with Crippen LogP contribution in [-0.2, 0) is 0 Å². The van der Waals surface area contributed by atoms with Crippen LogP contribution < -0.4 is 5.73 Å². The molecule has 0 bridgehead atoms. The molecule has 0 unspecified atom stereocenters. The van der Waals surface area contributed by atoms with Gasteiger partial charge in [0.25, 0.3) is 0 Å². The third-order valence-electron chi connectivity index (χ3n) is 4.38. The first kappa shape index (κ1) is 13.9. The van der Waals surface area contributed by atoms with Gasteiger partial charge in [0.05, 0.1) is 11.2 Å². The maximum atomic E-state index is 9.46. The van der Waals surface area contributed by atoms with Crippen molar-refractivity contribution in [1.82, 2.24) is 0 Å². The fraction of sp³-hybridized carbons (Fsp3) is 1.00. The molecule has 2 aliphatic rings. The molecule has 0 aliphatic heterocycles. The Labute approximate surface area is 99.0 Å². The molecule has 2 saturated carbocycles. The van der Waals surface area contributed by atoms with Crippen LogP contribution in [0.2, 0.25) is 0 Å². The summed E-state index contributed by atoms with van der Waals surface area (Å²) in [5.41, 5.74) is 4.65. The third kappa shape index (κ3) is 3.44. The zero-order valence-electron chi connectivity index (χ0n) is 10.9. The molecule has 0 aromatic carbocycles. The maximum absolute atomic E-state index is 9.46. The van der Waals surface area contributed by atoms with Crippen molar-refractivity contribution in [2.75, 3.05) is 0 Å². The number of rotatable bonds is 0. The van der Waals surface area contributed by atoms with Crippen LogP contribution in [-0.4, -0.2) is 27.5 Å². The highest BCUT2D eigenvalue weighted by Gasteiger charge is 2.33. The minimum atomic E-state index is -0.569. The van der Waals surface area contributed by atoms with Crippen LogP contribution in [0.5, 0.6) is 0 Å². The van der Waals surface area contributed by atoms with Crippen LogP contribution in [0.3, 0.4) is 0 Å².